The molecule has 5 rings (SSSR count). The molecule has 0 spiro atoms. The highest BCUT2D eigenvalue weighted by atomic mass is 16.4. The molecule has 0 aliphatic heterocycles. The van der Waals surface area contributed by atoms with Crippen molar-refractivity contribution in [3.63, 3.8) is 0 Å². The second-order valence-corrected chi connectivity index (χ2v) is 6.57. The van der Waals surface area contributed by atoms with E-state index in [0.717, 1.165) is 10.8 Å². The third kappa shape index (κ3) is 2.86. The Morgan fingerprint density at radius 1 is 1.00 bits per heavy atom. The summed E-state index contributed by atoms with van der Waals surface area (Å²) in [7, 11) is 0. The van der Waals surface area contributed by atoms with E-state index in [2.05, 4.69) is 11.1 Å². The number of phenolic OH excluding ortho intramolecular Hbond substituents is 1. The zero-order valence-electron chi connectivity index (χ0n) is 15.6. The molecule has 144 valence electrons. The molecule has 0 unspecified atom stereocenters. The molecule has 6 nitrogen and oxygen atoms in total. The number of aliphatic imine (C=N–C) groups is 1. The second-order valence-electron chi connectivity index (χ2n) is 6.57. The molecule has 0 aliphatic carbocycles. The van der Waals surface area contributed by atoms with E-state index in [1.807, 2.05) is 30.3 Å². The molecule has 0 radical (unpaired) electrons. The van der Waals surface area contributed by atoms with Gasteiger partial charge in [-0.3, -0.25) is 0 Å². The quantitative estimate of drug-likeness (QED) is 0.362. The molecule has 0 saturated heterocycles. The second kappa shape index (κ2) is 7.15. The van der Waals surface area contributed by atoms with Crippen molar-refractivity contribution in [3.8, 4) is 34.5 Å². The van der Waals surface area contributed by atoms with Gasteiger partial charge in [0.15, 0.2) is 5.76 Å². The first kappa shape index (κ1) is 17.6. The third-order valence-electron chi connectivity index (χ3n) is 4.81. The summed E-state index contributed by atoms with van der Waals surface area (Å²) in [5.41, 5.74) is 1.93. The lowest BCUT2D eigenvalue weighted by Gasteiger charge is -2.04. The van der Waals surface area contributed by atoms with Crippen LogP contribution >= 0.6 is 0 Å². The molecule has 0 atom stereocenters. The number of rotatable bonds is 4. The molecule has 0 amide bonds. The average Bonchev–Trinajstić information content (AvgIpc) is 3.53. The molecule has 1 N–H and O–H groups in total. The Morgan fingerprint density at radius 2 is 1.90 bits per heavy atom. The van der Waals surface area contributed by atoms with Crippen molar-refractivity contribution in [2.75, 3.05) is 0 Å². The predicted octanol–water partition coefficient (Wildman–Crippen LogP) is 6.28. The van der Waals surface area contributed by atoms with Crippen LogP contribution in [0.3, 0.4) is 0 Å². The number of nitriles is 1. The number of benzene rings is 2. The maximum atomic E-state index is 10.4. The van der Waals surface area contributed by atoms with E-state index < -0.39 is 0 Å². The largest absolute Gasteiger partial charge is 0.507 e. The number of phenols is 1. The minimum atomic E-state index is 0.0869. The minimum Gasteiger partial charge on any atom is -0.507 e. The van der Waals surface area contributed by atoms with Crippen molar-refractivity contribution in [3.05, 3.63) is 84.5 Å². The normalized spacial score (nSPS) is 11.3. The van der Waals surface area contributed by atoms with Crippen molar-refractivity contribution in [2.24, 2.45) is 4.99 Å². The van der Waals surface area contributed by atoms with Gasteiger partial charge >= 0.3 is 0 Å². The first-order chi connectivity index (χ1) is 14.8. The van der Waals surface area contributed by atoms with E-state index >= 15 is 0 Å². The molecular weight excluding hydrogens is 380 g/mol. The van der Waals surface area contributed by atoms with E-state index in [1.54, 1.807) is 24.3 Å². The van der Waals surface area contributed by atoms with Crippen LogP contribution in [-0.2, 0) is 0 Å². The number of aromatic hydroxyl groups is 1. The summed E-state index contributed by atoms with van der Waals surface area (Å²) in [6.07, 6.45) is 6.07. The molecule has 3 aromatic heterocycles. The van der Waals surface area contributed by atoms with Gasteiger partial charge in [0.05, 0.1) is 23.7 Å². The summed E-state index contributed by atoms with van der Waals surface area (Å²) in [6.45, 7) is 0. The van der Waals surface area contributed by atoms with Crippen molar-refractivity contribution in [1.82, 2.24) is 0 Å². The van der Waals surface area contributed by atoms with Crippen LogP contribution in [-0.4, -0.2) is 11.3 Å². The Hall–Kier alpha value is -4.50. The number of hydrogen-bond donors (Lipinski definition) is 1. The summed E-state index contributed by atoms with van der Waals surface area (Å²) in [5.74, 6) is 1.11. The Bertz CT molecular complexity index is 1400. The fourth-order valence-corrected chi connectivity index (χ4v) is 3.41. The van der Waals surface area contributed by atoms with Crippen LogP contribution in [0.1, 0.15) is 11.1 Å². The van der Waals surface area contributed by atoms with Crippen LogP contribution in [0.2, 0.25) is 0 Å². The highest BCUT2D eigenvalue weighted by molar-refractivity contribution is 6.03. The van der Waals surface area contributed by atoms with E-state index in [1.165, 1.54) is 25.0 Å². The van der Waals surface area contributed by atoms with Crippen molar-refractivity contribution >= 4 is 22.9 Å². The molecule has 30 heavy (non-hydrogen) atoms. The van der Waals surface area contributed by atoms with Gasteiger partial charge in [-0.05, 0) is 35.0 Å². The van der Waals surface area contributed by atoms with Gasteiger partial charge in [0.25, 0.3) is 0 Å². The molecule has 0 bridgehead atoms. The van der Waals surface area contributed by atoms with E-state index in [4.69, 9.17) is 13.3 Å². The number of furan rings is 3. The van der Waals surface area contributed by atoms with Crippen molar-refractivity contribution in [2.45, 2.75) is 0 Å². The maximum absolute atomic E-state index is 10.4. The fourth-order valence-electron chi connectivity index (χ4n) is 3.41. The monoisotopic (exact) mass is 394 g/mol. The molecule has 0 saturated carbocycles. The molecule has 2 aromatic carbocycles. The third-order valence-corrected chi connectivity index (χ3v) is 4.81. The first-order valence-electron chi connectivity index (χ1n) is 9.14. The predicted molar refractivity (Wildman–Crippen MR) is 112 cm³/mol. The molecule has 3 heterocycles. The number of nitrogens with zero attached hydrogens (tertiary/aromatic N) is 2. The van der Waals surface area contributed by atoms with E-state index in [0.29, 0.717) is 28.2 Å². The molecule has 0 fully saturated rings. The van der Waals surface area contributed by atoms with Crippen molar-refractivity contribution < 1.29 is 18.4 Å². The van der Waals surface area contributed by atoms with Gasteiger partial charge in [-0.15, -0.1) is 0 Å². The van der Waals surface area contributed by atoms with E-state index in [9.17, 15) is 10.4 Å². The van der Waals surface area contributed by atoms with Crippen LogP contribution in [0, 0.1) is 11.3 Å². The maximum Gasteiger partial charge on any atom is 0.238 e. The van der Waals surface area contributed by atoms with Gasteiger partial charge in [-0.2, -0.15) is 5.26 Å². The molecule has 6 heteroatoms. The standard InChI is InChI=1S/C24H14N2O4/c25-12-18-22(21-6-3-10-29-21)23(16-9-11-28-14-16)30-24(18)26-13-19-17-5-2-1-4-15(17)7-8-20(19)27/h1-11,13-14,27H. The van der Waals surface area contributed by atoms with Gasteiger partial charge in [0, 0.05) is 11.8 Å². The van der Waals surface area contributed by atoms with Crippen LogP contribution < -0.4 is 0 Å². The summed E-state index contributed by atoms with van der Waals surface area (Å²) in [5, 5.41) is 22.0. The van der Waals surface area contributed by atoms with Crippen LogP contribution in [0.5, 0.6) is 5.75 Å². The minimum absolute atomic E-state index is 0.0869. The summed E-state index contributed by atoms with van der Waals surface area (Å²) >= 11 is 0. The van der Waals surface area contributed by atoms with Crippen molar-refractivity contribution in [1.29, 1.82) is 5.26 Å². The van der Waals surface area contributed by atoms with Crippen LogP contribution in [0.25, 0.3) is 33.4 Å². The Balaban J connectivity index is 1.69. The van der Waals surface area contributed by atoms with Gasteiger partial charge in [-0.1, -0.05) is 30.3 Å². The highest BCUT2D eigenvalue weighted by Crippen LogP contribution is 2.43. The summed E-state index contributed by atoms with van der Waals surface area (Å²) < 4.78 is 16.6. The topological polar surface area (TPSA) is 95.8 Å². The summed E-state index contributed by atoms with van der Waals surface area (Å²) in [6, 6.07) is 18.5. The first-order valence-corrected chi connectivity index (χ1v) is 9.14. The lowest BCUT2D eigenvalue weighted by Crippen LogP contribution is -1.86. The average molecular weight is 394 g/mol. The van der Waals surface area contributed by atoms with Gasteiger partial charge in [-0.25, -0.2) is 4.99 Å². The number of hydrogen-bond acceptors (Lipinski definition) is 6. The molecule has 0 aliphatic rings. The molecular formula is C24H14N2O4. The van der Waals surface area contributed by atoms with Gasteiger partial charge in [0.1, 0.15) is 29.4 Å². The van der Waals surface area contributed by atoms with Gasteiger partial charge < -0.3 is 18.4 Å². The Labute approximate surface area is 170 Å². The Kier molecular flexibility index (Phi) is 4.19. The summed E-state index contributed by atoms with van der Waals surface area (Å²) in [4.78, 5) is 4.41. The zero-order valence-corrected chi connectivity index (χ0v) is 15.6. The van der Waals surface area contributed by atoms with Crippen LogP contribution in [0.15, 0.2) is 91.6 Å². The van der Waals surface area contributed by atoms with E-state index in [-0.39, 0.29) is 17.2 Å². The SMILES string of the molecule is N#Cc1c(N=Cc2c(O)ccc3ccccc23)oc(-c2ccoc2)c1-c1ccco1. The zero-order chi connectivity index (χ0) is 20.5. The lowest BCUT2D eigenvalue weighted by atomic mass is 10.0. The highest BCUT2D eigenvalue weighted by Gasteiger charge is 2.25. The lowest BCUT2D eigenvalue weighted by molar-refractivity contribution is 0.475. The van der Waals surface area contributed by atoms with Gasteiger partial charge in [0.2, 0.25) is 5.88 Å². The Morgan fingerprint density at radius 3 is 2.67 bits per heavy atom. The smallest absolute Gasteiger partial charge is 0.238 e. The van der Waals surface area contributed by atoms with Crippen LogP contribution in [0.4, 0.5) is 5.88 Å². The fraction of sp³-hybridized carbons (Fsp3) is 0. The molecule has 5 aromatic rings. The number of fused-ring (bicyclic) bond motifs is 1.